The lowest BCUT2D eigenvalue weighted by atomic mass is 9.83. The van der Waals surface area contributed by atoms with E-state index in [1.54, 1.807) is 0 Å². The van der Waals surface area contributed by atoms with Crippen LogP contribution in [0.3, 0.4) is 0 Å². The molecule has 0 saturated heterocycles. The fourth-order valence-corrected chi connectivity index (χ4v) is 3.53. The summed E-state index contributed by atoms with van der Waals surface area (Å²) in [4.78, 5) is 20.8. The van der Waals surface area contributed by atoms with E-state index in [9.17, 15) is 9.18 Å². The summed E-state index contributed by atoms with van der Waals surface area (Å²) in [6.07, 6.45) is 10.1. The number of nitrogens with zero attached hydrogens (tertiary/aromatic N) is 2. The van der Waals surface area contributed by atoms with E-state index >= 15 is 0 Å². The summed E-state index contributed by atoms with van der Waals surface area (Å²) in [5.74, 6) is -0.708. The van der Waals surface area contributed by atoms with Gasteiger partial charge >= 0.3 is 0 Å². The number of carbonyl (C=O) groups excluding carboxylic acids is 1. The maximum Gasteiger partial charge on any atom is 0.253 e. The lowest BCUT2D eigenvalue weighted by molar-refractivity contribution is 0.0920. The van der Waals surface area contributed by atoms with Crippen LogP contribution in [0.15, 0.2) is 24.5 Å². The van der Waals surface area contributed by atoms with Crippen molar-refractivity contribution in [3.05, 3.63) is 35.9 Å². The lowest BCUT2D eigenvalue weighted by Gasteiger charge is -2.29. The lowest BCUT2D eigenvalue weighted by Crippen LogP contribution is -2.38. The summed E-state index contributed by atoms with van der Waals surface area (Å²) in [6, 6.07) is 2.74. The van der Waals surface area contributed by atoms with Gasteiger partial charge < -0.3 is 5.32 Å². The Kier molecular flexibility index (Phi) is 3.10. The van der Waals surface area contributed by atoms with Gasteiger partial charge in [0.1, 0.15) is 11.3 Å². The van der Waals surface area contributed by atoms with E-state index in [2.05, 4.69) is 15.3 Å². The van der Waals surface area contributed by atoms with Crippen LogP contribution in [-0.4, -0.2) is 21.9 Å². The summed E-state index contributed by atoms with van der Waals surface area (Å²) in [5, 5.41) is 3.05. The molecule has 0 unspecified atom stereocenters. The van der Waals surface area contributed by atoms with Crippen LogP contribution in [0.5, 0.6) is 0 Å². The first-order valence-electron chi connectivity index (χ1n) is 7.86. The molecule has 114 valence electrons. The Morgan fingerprint density at radius 3 is 2.59 bits per heavy atom. The van der Waals surface area contributed by atoms with Crippen LogP contribution in [-0.2, 0) is 0 Å². The van der Waals surface area contributed by atoms with E-state index in [1.165, 1.54) is 50.2 Å². The Morgan fingerprint density at radius 2 is 1.86 bits per heavy atom. The number of halogens is 1. The first-order valence-corrected chi connectivity index (χ1v) is 7.86. The summed E-state index contributed by atoms with van der Waals surface area (Å²) < 4.78 is 13.7. The van der Waals surface area contributed by atoms with Crippen LogP contribution in [0.25, 0.3) is 11.0 Å². The van der Waals surface area contributed by atoms with Gasteiger partial charge in [0.05, 0.1) is 11.1 Å². The zero-order valence-corrected chi connectivity index (χ0v) is 12.3. The van der Waals surface area contributed by atoms with Gasteiger partial charge in [-0.05, 0) is 50.0 Å². The van der Waals surface area contributed by atoms with Gasteiger partial charge in [0.25, 0.3) is 5.91 Å². The molecule has 2 aliphatic rings. The minimum atomic E-state index is -0.460. The Bertz CT molecular complexity index is 732. The van der Waals surface area contributed by atoms with Crippen LogP contribution in [0, 0.1) is 11.2 Å². The quantitative estimate of drug-likeness (QED) is 0.926. The molecule has 1 amide bonds. The Hall–Kier alpha value is -2.04. The summed E-state index contributed by atoms with van der Waals surface area (Å²) in [6.45, 7) is 0. The van der Waals surface area contributed by atoms with Crippen LogP contribution in [0.4, 0.5) is 4.39 Å². The molecule has 0 radical (unpaired) electrons. The van der Waals surface area contributed by atoms with Gasteiger partial charge in [-0.15, -0.1) is 0 Å². The van der Waals surface area contributed by atoms with Crippen molar-refractivity contribution in [3.8, 4) is 0 Å². The van der Waals surface area contributed by atoms with Crippen molar-refractivity contribution in [2.45, 2.75) is 44.6 Å². The van der Waals surface area contributed by atoms with Gasteiger partial charge in [0.15, 0.2) is 0 Å². The summed E-state index contributed by atoms with van der Waals surface area (Å²) >= 11 is 0. The molecule has 2 aliphatic carbocycles. The van der Waals surface area contributed by atoms with Crippen molar-refractivity contribution >= 4 is 16.9 Å². The number of hydrogen-bond acceptors (Lipinski definition) is 3. The third kappa shape index (κ3) is 2.45. The molecule has 1 aromatic heterocycles. The van der Waals surface area contributed by atoms with Crippen molar-refractivity contribution < 1.29 is 9.18 Å². The average molecular weight is 299 g/mol. The van der Waals surface area contributed by atoms with Crippen molar-refractivity contribution in [3.63, 3.8) is 0 Å². The van der Waals surface area contributed by atoms with Crippen LogP contribution < -0.4 is 5.32 Å². The molecule has 0 bridgehead atoms. The Balaban J connectivity index is 1.55. The third-order valence-electron chi connectivity index (χ3n) is 5.12. The molecule has 2 saturated carbocycles. The smallest absolute Gasteiger partial charge is 0.253 e. The highest BCUT2D eigenvalue weighted by molar-refractivity contribution is 6.04. The van der Waals surface area contributed by atoms with E-state index in [0.717, 1.165) is 12.8 Å². The fourth-order valence-electron chi connectivity index (χ4n) is 3.53. The second-order valence-corrected chi connectivity index (χ2v) is 6.63. The van der Waals surface area contributed by atoms with Gasteiger partial charge in [-0.25, -0.2) is 4.39 Å². The fraction of sp³-hybridized carbons (Fsp3) is 0.471. The number of hydrogen-bond donors (Lipinski definition) is 1. The summed E-state index contributed by atoms with van der Waals surface area (Å²) in [5.41, 5.74) is 1.73. The Labute approximate surface area is 128 Å². The van der Waals surface area contributed by atoms with Crippen LogP contribution in [0.1, 0.15) is 48.9 Å². The predicted molar refractivity (Wildman–Crippen MR) is 80.9 cm³/mol. The van der Waals surface area contributed by atoms with Crippen molar-refractivity contribution in [1.29, 1.82) is 0 Å². The standard InChI is InChI=1S/C17H18FN3O/c18-11-9-13(15-14(10-11)19-7-8-20-15)16(22)21-12-1-3-17(4-2-12)5-6-17/h7-10,12H,1-6H2,(H,21,22). The summed E-state index contributed by atoms with van der Waals surface area (Å²) in [7, 11) is 0. The third-order valence-corrected chi connectivity index (χ3v) is 5.12. The van der Waals surface area contributed by atoms with Gasteiger partial charge in [0, 0.05) is 24.5 Å². The highest BCUT2D eigenvalue weighted by Gasteiger charge is 2.44. The molecule has 1 spiro atoms. The Morgan fingerprint density at radius 1 is 1.14 bits per heavy atom. The monoisotopic (exact) mass is 299 g/mol. The molecular weight excluding hydrogens is 281 g/mol. The molecule has 22 heavy (non-hydrogen) atoms. The van der Waals surface area contributed by atoms with E-state index in [0.29, 0.717) is 16.4 Å². The average Bonchev–Trinajstić information content (AvgIpc) is 3.28. The largest absolute Gasteiger partial charge is 0.349 e. The minimum Gasteiger partial charge on any atom is -0.349 e. The number of benzene rings is 1. The van der Waals surface area contributed by atoms with E-state index in [4.69, 9.17) is 0 Å². The minimum absolute atomic E-state index is 0.189. The molecule has 1 aromatic carbocycles. The molecule has 1 N–H and O–H groups in total. The number of aromatic nitrogens is 2. The molecule has 0 aliphatic heterocycles. The van der Waals surface area contributed by atoms with E-state index < -0.39 is 5.82 Å². The predicted octanol–water partition coefficient (Wildman–Crippen LogP) is 3.22. The zero-order valence-electron chi connectivity index (χ0n) is 12.3. The van der Waals surface area contributed by atoms with Gasteiger partial charge in [-0.3, -0.25) is 14.8 Å². The first kappa shape index (κ1) is 13.6. The van der Waals surface area contributed by atoms with Gasteiger partial charge in [-0.2, -0.15) is 0 Å². The number of rotatable bonds is 2. The maximum absolute atomic E-state index is 13.7. The molecule has 5 heteroatoms. The van der Waals surface area contributed by atoms with Gasteiger partial charge in [-0.1, -0.05) is 0 Å². The molecule has 2 aromatic rings. The highest BCUT2D eigenvalue weighted by Crippen LogP contribution is 2.56. The molecule has 4 nitrogen and oxygen atoms in total. The highest BCUT2D eigenvalue weighted by atomic mass is 19.1. The number of nitrogens with one attached hydrogen (secondary N) is 1. The number of amides is 1. The van der Waals surface area contributed by atoms with E-state index in [-0.39, 0.29) is 17.5 Å². The molecule has 0 atom stereocenters. The van der Waals surface area contributed by atoms with Crippen molar-refractivity contribution in [2.24, 2.45) is 5.41 Å². The van der Waals surface area contributed by atoms with E-state index in [1.807, 2.05) is 0 Å². The van der Waals surface area contributed by atoms with Crippen molar-refractivity contribution in [2.75, 3.05) is 0 Å². The second-order valence-electron chi connectivity index (χ2n) is 6.63. The number of fused-ring (bicyclic) bond motifs is 1. The zero-order chi connectivity index (χ0) is 15.2. The molecular formula is C17H18FN3O. The van der Waals surface area contributed by atoms with Gasteiger partial charge in [0.2, 0.25) is 0 Å². The topological polar surface area (TPSA) is 54.9 Å². The van der Waals surface area contributed by atoms with Crippen LogP contribution >= 0.6 is 0 Å². The first-order chi connectivity index (χ1) is 10.7. The molecule has 1 heterocycles. The molecule has 4 rings (SSSR count). The van der Waals surface area contributed by atoms with Crippen molar-refractivity contribution in [1.82, 2.24) is 15.3 Å². The van der Waals surface area contributed by atoms with Crippen LogP contribution in [0.2, 0.25) is 0 Å². The normalized spacial score (nSPS) is 20.2. The SMILES string of the molecule is O=C(NC1CCC2(CC1)CC2)c1cc(F)cc2nccnc12. The maximum atomic E-state index is 13.7. The second kappa shape index (κ2) is 5.00. The number of carbonyl (C=O) groups is 1. The molecule has 2 fully saturated rings.